The summed E-state index contributed by atoms with van der Waals surface area (Å²) >= 11 is 1.43. The van der Waals surface area contributed by atoms with Crippen molar-refractivity contribution in [3.05, 3.63) is 40.9 Å². The number of nitrogens with one attached hydrogen (secondary N) is 1. The molecule has 0 saturated carbocycles. The summed E-state index contributed by atoms with van der Waals surface area (Å²) in [5.74, 6) is 0. The molecule has 102 valence electrons. The third kappa shape index (κ3) is 3.54. The van der Waals surface area contributed by atoms with E-state index >= 15 is 0 Å². The lowest BCUT2D eigenvalue weighted by Crippen LogP contribution is -2.11. The number of aromatic nitrogens is 1. The molecule has 0 fully saturated rings. The molecule has 1 aromatic heterocycles. The summed E-state index contributed by atoms with van der Waals surface area (Å²) in [6.45, 7) is 3.53. The van der Waals surface area contributed by atoms with Crippen molar-refractivity contribution in [2.24, 2.45) is 0 Å². The molecule has 2 rings (SSSR count). The van der Waals surface area contributed by atoms with Gasteiger partial charge in [-0.1, -0.05) is 19.1 Å². The molecule has 0 unspecified atom stereocenters. The second-order valence-electron chi connectivity index (χ2n) is 4.00. The van der Waals surface area contributed by atoms with E-state index in [4.69, 9.17) is 0 Å². The van der Waals surface area contributed by atoms with Gasteiger partial charge < -0.3 is 5.32 Å². The van der Waals surface area contributed by atoms with Crippen molar-refractivity contribution in [2.75, 3.05) is 6.54 Å². The van der Waals surface area contributed by atoms with Crippen molar-refractivity contribution in [2.45, 2.75) is 19.6 Å². The van der Waals surface area contributed by atoms with Crippen molar-refractivity contribution < 1.29 is 13.2 Å². The lowest BCUT2D eigenvalue weighted by molar-refractivity contribution is -0.137. The first-order chi connectivity index (χ1) is 9.00. The van der Waals surface area contributed by atoms with Crippen molar-refractivity contribution in [1.29, 1.82) is 0 Å². The second kappa shape index (κ2) is 5.71. The molecular weight excluding hydrogens is 273 g/mol. The Morgan fingerprint density at radius 1 is 1.21 bits per heavy atom. The number of rotatable bonds is 4. The Morgan fingerprint density at radius 2 is 1.89 bits per heavy atom. The fourth-order valence-corrected chi connectivity index (χ4v) is 2.40. The molecule has 1 aromatic carbocycles. The second-order valence-corrected chi connectivity index (χ2v) is 4.86. The van der Waals surface area contributed by atoms with Gasteiger partial charge in [-0.05, 0) is 18.7 Å². The lowest BCUT2D eigenvalue weighted by atomic mass is 10.1. The highest BCUT2D eigenvalue weighted by Crippen LogP contribution is 2.31. The molecule has 0 bridgehead atoms. The van der Waals surface area contributed by atoms with Crippen LogP contribution in [-0.4, -0.2) is 11.5 Å². The Bertz CT molecular complexity index is 532. The number of nitrogens with zero attached hydrogens (tertiary/aromatic N) is 1. The molecule has 0 aliphatic rings. The van der Waals surface area contributed by atoms with Crippen LogP contribution in [0.5, 0.6) is 0 Å². The minimum absolute atomic E-state index is 0.638. The van der Waals surface area contributed by atoms with Gasteiger partial charge in [0.2, 0.25) is 0 Å². The van der Waals surface area contributed by atoms with Crippen LogP contribution in [0.15, 0.2) is 29.6 Å². The Kier molecular flexibility index (Phi) is 4.21. The monoisotopic (exact) mass is 286 g/mol. The topological polar surface area (TPSA) is 24.9 Å². The van der Waals surface area contributed by atoms with Crippen LogP contribution in [0.25, 0.3) is 10.6 Å². The number of hydrogen-bond acceptors (Lipinski definition) is 3. The van der Waals surface area contributed by atoms with Gasteiger partial charge in [0.25, 0.3) is 0 Å². The number of alkyl halides is 3. The highest BCUT2D eigenvalue weighted by atomic mass is 32.1. The normalized spacial score (nSPS) is 11.8. The largest absolute Gasteiger partial charge is 0.416 e. The summed E-state index contributed by atoms with van der Waals surface area (Å²) < 4.78 is 37.3. The summed E-state index contributed by atoms with van der Waals surface area (Å²) in [5.41, 5.74) is 0.975. The molecule has 0 atom stereocenters. The first-order valence-electron chi connectivity index (χ1n) is 5.83. The summed E-state index contributed by atoms with van der Waals surface area (Å²) in [6, 6.07) is 5.08. The maximum Gasteiger partial charge on any atom is 0.416 e. The molecule has 0 saturated heterocycles. The van der Waals surface area contributed by atoms with Gasteiger partial charge in [-0.3, -0.25) is 0 Å². The van der Waals surface area contributed by atoms with Crippen LogP contribution in [0.3, 0.4) is 0 Å². The summed E-state index contributed by atoms with van der Waals surface area (Å²) in [5, 5.41) is 5.80. The Labute approximate surface area is 113 Å². The number of thiazole rings is 1. The maximum absolute atomic E-state index is 12.4. The molecule has 1 heterocycles. The molecule has 0 amide bonds. The van der Waals surface area contributed by atoms with E-state index in [1.807, 2.05) is 12.3 Å². The van der Waals surface area contributed by atoms with E-state index in [1.54, 1.807) is 0 Å². The summed E-state index contributed by atoms with van der Waals surface area (Å²) in [7, 11) is 0. The third-order valence-corrected chi connectivity index (χ3v) is 3.51. The van der Waals surface area contributed by atoms with Crippen LogP contribution in [0.4, 0.5) is 13.2 Å². The molecule has 19 heavy (non-hydrogen) atoms. The first kappa shape index (κ1) is 14.0. The minimum atomic E-state index is -4.29. The van der Waals surface area contributed by atoms with E-state index in [2.05, 4.69) is 10.3 Å². The SMILES string of the molecule is CCNCc1csc(-c2ccc(C(F)(F)F)cc2)n1. The summed E-state index contributed by atoms with van der Waals surface area (Å²) in [4.78, 5) is 4.38. The van der Waals surface area contributed by atoms with Crippen molar-refractivity contribution in [3.63, 3.8) is 0 Å². The fourth-order valence-electron chi connectivity index (χ4n) is 1.58. The van der Waals surface area contributed by atoms with Crippen LogP contribution in [0.2, 0.25) is 0 Å². The zero-order valence-electron chi connectivity index (χ0n) is 10.3. The molecule has 0 aliphatic carbocycles. The third-order valence-electron chi connectivity index (χ3n) is 2.57. The Morgan fingerprint density at radius 3 is 2.47 bits per heavy atom. The number of halogens is 3. The smallest absolute Gasteiger partial charge is 0.311 e. The first-order valence-corrected chi connectivity index (χ1v) is 6.71. The van der Waals surface area contributed by atoms with E-state index < -0.39 is 11.7 Å². The van der Waals surface area contributed by atoms with Gasteiger partial charge in [0.1, 0.15) is 5.01 Å². The highest BCUT2D eigenvalue weighted by molar-refractivity contribution is 7.13. The van der Waals surface area contributed by atoms with Gasteiger partial charge in [-0.25, -0.2) is 4.98 Å². The highest BCUT2D eigenvalue weighted by Gasteiger charge is 2.30. The molecule has 2 nitrogen and oxygen atoms in total. The molecule has 1 N–H and O–H groups in total. The van der Waals surface area contributed by atoms with Gasteiger partial charge in [-0.15, -0.1) is 11.3 Å². The van der Waals surface area contributed by atoms with Crippen LogP contribution in [0, 0.1) is 0 Å². The van der Waals surface area contributed by atoms with Crippen molar-refractivity contribution >= 4 is 11.3 Å². The van der Waals surface area contributed by atoms with E-state index in [0.717, 1.165) is 29.4 Å². The summed E-state index contributed by atoms with van der Waals surface area (Å²) in [6.07, 6.45) is -4.29. The van der Waals surface area contributed by atoms with Gasteiger partial charge >= 0.3 is 6.18 Å². The molecule has 0 aliphatic heterocycles. The van der Waals surface area contributed by atoms with Crippen LogP contribution >= 0.6 is 11.3 Å². The minimum Gasteiger partial charge on any atom is -0.311 e. The molecule has 0 spiro atoms. The molecule has 6 heteroatoms. The van der Waals surface area contributed by atoms with Gasteiger partial charge in [0.05, 0.1) is 11.3 Å². The number of benzene rings is 1. The van der Waals surface area contributed by atoms with E-state index in [9.17, 15) is 13.2 Å². The average molecular weight is 286 g/mol. The molecule has 2 aromatic rings. The van der Waals surface area contributed by atoms with E-state index in [0.29, 0.717) is 12.1 Å². The lowest BCUT2D eigenvalue weighted by Gasteiger charge is -2.06. The van der Waals surface area contributed by atoms with Crippen molar-refractivity contribution in [1.82, 2.24) is 10.3 Å². The van der Waals surface area contributed by atoms with E-state index in [-0.39, 0.29) is 0 Å². The molecular formula is C13H13F3N2S. The van der Waals surface area contributed by atoms with Gasteiger partial charge in [-0.2, -0.15) is 13.2 Å². The predicted molar refractivity (Wildman–Crippen MR) is 69.9 cm³/mol. The zero-order chi connectivity index (χ0) is 13.9. The van der Waals surface area contributed by atoms with Crippen LogP contribution < -0.4 is 5.32 Å². The van der Waals surface area contributed by atoms with Crippen LogP contribution in [-0.2, 0) is 12.7 Å². The van der Waals surface area contributed by atoms with E-state index in [1.165, 1.54) is 23.5 Å². The number of hydrogen-bond donors (Lipinski definition) is 1. The standard InChI is InChI=1S/C13H13F3N2S/c1-2-17-7-11-8-19-12(18-11)9-3-5-10(6-4-9)13(14,15)16/h3-6,8,17H,2,7H2,1H3. The fraction of sp³-hybridized carbons (Fsp3) is 0.308. The Balaban J connectivity index is 2.16. The average Bonchev–Trinajstić information content (AvgIpc) is 2.84. The van der Waals surface area contributed by atoms with Crippen LogP contribution in [0.1, 0.15) is 18.2 Å². The van der Waals surface area contributed by atoms with Gasteiger partial charge in [0.15, 0.2) is 0 Å². The zero-order valence-corrected chi connectivity index (χ0v) is 11.1. The maximum atomic E-state index is 12.4. The Hall–Kier alpha value is -1.40. The quantitative estimate of drug-likeness (QED) is 0.921. The van der Waals surface area contributed by atoms with Crippen molar-refractivity contribution in [3.8, 4) is 10.6 Å². The molecule has 0 radical (unpaired) electrons. The van der Waals surface area contributed by atoms with Gasteiger partial charge in [0, 0.05) is 17.5 Å². The predicted octanol–water partition coefficient (Wildman–Crippen LogP) is 3.94.